The van der Waals surface area contributed by atoms with Crippen LogP contribution in [-0.2, 0) is 28.6 Å². The van der Waals surface area contributed by atoms with Crippen molar-refractivity contribution in [3.05, 3.63) is 58.6 Å². The molecule has 10 nitrogen and oxygen atoms in total. The molecule has 6 atom stereocenters. The Labute approximate surface area is 229 Å². The molecule has 2 aliphatic rings. The minimum atomic E-state index is -0.933. The van der Waals surface area contributed by atoms with E-state index in [0.717, 1.165) is 6.08 Å². The molecule has 39 heavy (non-hydrogen) atoms. The predicted octanol–water partition coefficient (Wildman–Crippen LogP) is 3.03. The maximum atomic E-state index is 13.3. The van der Waals surface area contributed by atoms with Gasteiger partial charge in [-0.3, -0.25) is 14.4 Å². The lowest BCUT2D eigenvalue weighted by atomic mass is 9.85. The largest absolute Gasteiger partial charge is 0.492 e. The van der Waals surface area contributed by atoms with Crippen molar-refractivity contribution < 1.29 is 38.5 Å². The van der Waals surface area contributed by atoms with Crippen LogP contribution >= 0.6 is 0 Å². The van der Waals surface area contributed by atoms with E-state index in [2.05, 4.69) is 5.32 Å². The molecule has 4 N–H and O–H groups in total. The van der Waals surface area contributed by atoms with Gasteiger partial charge >= 0.3 is 6.09 Å². The smallest absolute Gasteiger partial charge is 0.405 e. The lowest BCUT2D eigenvalue weighted by molar-refractivity contribution is -0.120. The molecule has 0 saturated heterocycles. The maximum Gasteiger partial charge on any atom is 0.405 e. The molecule has 0 fully saturated rings. The minimum absolute atomic E-state index is 0.0677. The molecule has 2 rings (SSSR count). The molecule has 0 radical (unpaired) electrons. The van der Waals surface area contributed by atoms with Crippen molar-refractivity contribution in [3.63, 3.8) is 0 Å². The van der Waals surface area contributed by atoms with Crippen LogP contribution in [0.15, 0.2) is 58.6 Å². The highest BCUT2D eigenvalue weighted by molar-refractivity contribution is 6.23. The Balaban J connectivity index is 2.57. The number of nitrogens with two attached hydrogens (primary N) is 1. The summed E-state index contributed by atoms with van der Waals surface area (Å²) in [6, 6.07) is 0. The van der Waals surface area contributed by atoms with Gasteiger partial charge in [0.2, 0.25) is 11.6 Å². The van der Waals surface area contributed by atoms with Crippen LogP contribution in [0.2, 0.25) is 0 Å². The zero-order valence-electron chi connectivity index (χ0n) is 23.6. The van der Waals surface area contributed by atoms with E-state index in [4.69, 9.17) is 19.9 Å². The molecular weight excluding hydrogens is 504 g/mol. The molecule has 10 heteroatoms. The molecule has 0 aromatic carbocycles. The summed E-state index contributed by atoms with van der Waals surface area (Å²) in [5, 5.41) is 13.7. The minimum Gasteiger partial charge on any atom is -0.492 e. The fraction of sp³-hybridized carbons (Fsp3) is 0.517. The van der Waals surface area contributed by atoms with Crippen molar-refractivity contribution in [2.24, 2.45) is 23.5 Å². The van der Waals surface area contributed by atoms with Crippen LogP contribution in [0.25, 0.3) is 0 Å². The standard InChI is InChI=1S/C29H40N2O8/c1-15-11-20-25(34)21(14-22(32)27(20)38-7)31-28(35)17(3)10-8-9-16(2)26(39-29(30)36)19(5)13-18(4)24(33)23(12-15)37-6/h8-10,13-16,18,23-24,26,33H,11-12H2,1-7H3,(H2,30,36)(H,31,35)/b9-8-,17-10-,19-13-. The fourth-order valence-corrected chi connectivity index (χ4v) is 4.84. The Morgan fingerprint density at radius 2 is 1.77 bits per heavy atom. The Hall–Kier alpha value is -3.50. The quantitative estimate of drug-likeness (QED) is 0.362. The van der Waals surface area contributed by atoms with Crippen LogP contribution in [0, 0.1) is 17.8 Å². The monoisotopic (exact) mass is 544 g/mol. The van der Waals surface area contributed by atoms with Gasteiger partial charge in [-0.15, -0.1) is 0 Å². The van der Waals surface area contributed by atoms with Crippen LogP contribution in [0.4, 0.5) is 4.79 Å². The first-order valence-corrected chi connectivity index (χ1v) is 12.9. The van der Waals surface area contributed by atoms with E-state index in [1.54, 1.807) is 32.1 Å². The van der Waals surface area contributed by atoms with Crippen molar-refractivity contribution >= 4 is 23.6 Å². The average Bonchev–Trinajstić information content (AvgIpc) is 2.87. The van der Waals surface area contributed by atoms with Crippen molar-refractivity contribution in [2.75, 3.05) is 14.2 Å². The number of nitrogens with one attached hydrogen (secondary N) is 1. The number of amides is 2. The molecule has 0 aromatic rings. The van der Waals surface area contributed by atoms with Gasteiger partial charge in [-0.05, 0) is 38.2 Å². The number of hydrogen-bond acceptors (Lipinski definition) is 8. The molecule has 6 unspecified atom stereocenters. The third kappa shape index (κ3) is 8.24. The summed E-state index contributed by atoms with van der Waals surface area (Å²) in [5.41, 5.74) is 6.32. The van der Waals surface area contributed by atoms with Gasteiger partial charge in [-0.1, -0.05) is 45.1 Å². The fourth-order valence-electron chi connectivity index (χ4n) is 4.84. The van der Waals surface area contributed by atoms with Gasteiger partial charge in [0.05, 0.1) is 25.0 Å². The first-order valence-electron chi connectivity index (χ1n) is 12.9. The Bertz CT molecular complexity index is 1130. The first-order chi connectivity index (χ1) is 18.3. The number of rotatable bonds is 3. The van der Waals surface area contributed by atoms with Gasteiger partial charge in [0, 0.05) is 36.2 Å². The van der Waals surface area contributed by atoms with Gasteiger partial charge in [0.1, 0.15) is 6.10 Å². The molecule has 0 saturated carbocycles. The molecule has 0 spiro atoms. The molecule has 1 aliphatic heterocycles. The number of carbonyl (C=O) groups is 4. The Morgan fingerprint density at radius 3 is 2.36 bits per heavy atom. The highest BCUT2D eigenvalue weighted by atomic mass is 16.6. The number of aliphatic hydroxyl groups excluding tert-OH is 1. The number of primary amides is 1. The van der Waals surface area contributed by atoms with Crippen LogP contribution in [0.3, 0.4) is 0 Å². The van der Waals surface area contributed by atoms with Crippen LogP contribution < -0.4 is 11.1 Å². The summed E-state index contributed by atoms with van der Waals surface area (Å²) >= 11 is 0. The molecule has 0 aromatic heterocycles. The van der Waals surface area contributed by atoms with Crippen molar-refractivity contribution in [1.29, 1.82) is 0 Å². The van der Waals surface area contributed by atoms with E-state index in [1.165, 1.54) is 14.2 Å². The molecule has 2 bridgehead atoms. The van der Waals surface area contributed by atoms with Crippen molar-refractivity contribution in [1.82, 2.24) is 5.32 Å². The number of methoxy groups -OCH3 is 2. The number of Topliss-reactive ketones (excluding diaryl/α,β-unsaturated/α-hetero) is 1. The second-order valence-corrected chi connectivity index (χ2v) is 10.2. The summed E-state index contributed by atoms with van der Waals surface area (Å²) in [4.78, 5) is 50.5. The molecule has 214 valence electrons. The van der Waals surface area contributed by atoms with E-state index < -0.39 is 41.9 Å². The lowest BCUT2D eigenvalue weighted by Gasteiger charge is -2.29. The third-order valence-corrected chi connectivity index (χ3v) is 6.97. The molecule has 2 amide bonds. The lowest BCUT2D eigenvalue weighted by Crippen LogP contribution is -2.36. The number of hydrogen-bond donors (Lipinski definition) is 3. The van der Waals surface area contributed by atoms with E-state index in [0.29, 0.717) is 12.0 Å². The number of aliphatic hydroxyl groups is 1. The normalized spacial score (nSPS) is 33.2. The predicted molar refractivity (Wildman–Crippen MR) is 145 cm³/mol. The zero-order chi connectivity index (χ0) is 29.4. The van der Waals surface area contributed by atoms with Crippen molar-refractivity contribution in [3.8, 4) is 0 Å². The highest BCUT2D eigenvalue weighted by Crippen LogP contribution is 2.29. The summed E-state index contributed by atoms with van der Waals surface area (Å²) < 4.78 is 16.2. The van der Waals surface area contributed by atoms with Crippen LogP contribution in [0.5, 0.6) is 0 Å². The Morgan fingerprint density at radius 1 is 1.10 bits per heavy atom. The Kier molecular flexibility index (Phi) is 11.4. The van der Waals surface area contributed by atoms with E-state index in [1.807, 2.05) is 26.8 Å². The second kappa shape index (κ2) is 14.0. The topological polar surface area (TPSA) is 154 Å². The number of ether oxygens (including phenoxy) is 3. The maximum absolute atomic E-state index is 13.3. The zero-order valence-corrected chi connectivity index (χ0v) is 23.6. The van der Waals surface area contributed by atoms with Gasteiger partial charge in [-0.2, -0.15) is 0 Å². The SMILES string of the molecule is COC1=C2CC(C)CC(OC)C(O)C(C)/C=C(/C)C(OC(N)=O)C(C)/C=C\C=C(\C)C(=O)NC(=CC1=O)C2=O. The van der Waals surface area contributed by atoms with E-state index >= 15 is 0 Å². The van der Waals surface area contributed by atoms with Gasteiger partial charge in [-0.25, -0.2) is 4.79 Å². The summed E-state index contributed by atoms with van der Waals surface area (Å²) in [6.45, 7) is 8.88. The van der Waals surface area contributed by atoms with Gasteiger partial charge in [0.25, 0.3) is 5.91 Å². The van der Waals surface area contributed by atoms with Gasteiger partial charge < -0.3 is 30.4 Å². The summed E-state index contributed by atoms with van der Waals surface area (Å²) in [6.07, 6.45) is 5.18. The molecular formula is C29H40N2O8. The van der Waals surface area contributed by atoms with Crippen LogP contribution in [0.1, 0.15) is 47.5 Å². The average molecular weight is 545 g/mol. The van der Waals surface area contributed by atoms with Crippen molar-refractivity contribution in [2.45, 2.75) is 65.8 Å². The number of ketones is 2. The van der Waals surface area contributed by atoms with Crippen LogP contribution in [-0.4, -0.2) is 61.2 Å². The number of carbonyl (C=O) groups excluding carboxylic acids is 4. The molecule has 1 heterocycles. The second-order valence-electron chi connectivity index (χ2n) is 10.2. The molecule has 1 aliphatic carbocycles. The number of allylic oxidation sites excluding steroid dienone is 4. The highest BCUT2D eigenvalue weighted by Gasteiger charge is 2.33. The first kappa shape index (κ1) is 31.7. The third-order valence-electron chi connectivity index (χ3n) is 6.97. The van der Waals surface area contributed by atoms with Gasteiger partial charge in [0.15, 0.2) is 5.76 Å². The summed E-state index contributed by atoms with van der Waals surface area (Å²) in [5.74, 6) is -2.56. The summed E-state index contributed by atoms with van der Waals surface area (Å²) in [7, 11) is 2.81. The van der Waals surface area contributed by atoms with E-state index in [9.17, 15) is 24.3 Å². The van der Waals surface area contributed by atoms with E-state index in [-0.39, 0.29) is 46.8 Å². The number of fused-ring (bicyclic) bond motifs is 2.